The molecule has 2 heterocycles. The lowest BCUT2D eigenvalue weighted by Crippen LogP contribution is -2.83. The van der Waals surface area contributed by atoms with Gasteiger partial charge in [-0.25, -0.2) is 17.2 Å². The molecule has 4 atom stereocenters. The highest BCUT2D eigenvalue weighted by Crippen LogP contribution is 2.43. The Bertz CT molecular complexity index is 4330. The Morgan fingerprint density at radius 2 is 0.888 bits per heavy atom. The summed E-state index contributed by atoms with van der Waals surface area (Å²) < 4.78 is 171. The van der Waals surface area contributed by atoms with Crippen LogP contribution in [0.2, 0.25) is 0 Å². The standard InChI is InChI=1S/2C33H35F4N3O2.2C6H6O3S.C2H3N/c2*1-20-12-15-25(19-27(20)33(35,36)37)39-31(41)26-10-6-18-40(32(42)29-21(2)7-5-11-28(29)34)30(26)22-13-16-24(17-14-22)38-23-8-3-4-9-23;2*7-10(8,9)6-4-2-1-3-5-6;1-2-3/h2*5,7,11-17,19,23,26,30,38H,3-4,6,8-10,18H2,1-2H3,(H,39,41);2*1-5H,(H,7,8,9);1H3/t2*26-,30-;;;/m00.../s1. The van der Waals surface area contributed by atoms with E-state index in [4.69, 9.17) is 9.81 Å². The zero-order valence-electron chi connectivity index (χ0n) is 59.6. The summed E-state index contributed by atoms with van der Waals surface area (Å²) in [5.74, 6) is -4.80. The predicted octanol–water partition coefficient (Wildman–Crippen LogP) is 16.9. The largest absolute Gasteiger partial charge is 0.744 e. The number of carbonyl (C=O) groups excluding carboxylic acids is 4. The molecule has 107 heavy (non-hydrogen) atoms. The maximum absolute atomic E-state index is 14.9. The minimum absolute atomic E-state index is 0.0289. The van der Waals surface area contributed by atoms with Gasteiger partial charge in [0.1, 0.15) is 27.4 Å². The Kier molecular flexibility index (Phi) is 28.7. The van der Waals surface area contributed by atoms with Gasteiger partial charge in [-0.3, -0.25) is 23.7 Å². The minimum atomic E-state index is -4.56. The molecule has 4 fully saturated rings. The van der Waals surface area contributed by atoms with E-state index in [-0.39, 0.29) is 43.4 Å². The van der Waals surface area contributed by atoms with Crippen LogP contribution in [0.25, 0.3) is 0 Å². The van der Waals surface area contributed by atoms with Crippen molar-refractivity contribution in [3.8, 4) is 6.07 Å². The third-order valence-corrected chi connectivity index (χ3v) is 20.8. The van der Waals surface area contributed by atoms with Crippen LogP contribution in [0.1, 0.15) is 161 Å². The molecule has 568 valence electrons. The van der Waals surface area contributed by atoms with Crippen LogP contribution in [-0.2, 0) is 42.2 Å². The number of amides is 4. The van der Waals surface area contributed by atoms with Crippen LogP contribution in [0.15, 0.2) is 192 Å². The van der Waals surface area contributed by atoms with E-state index in [1.807, 2.05) is 48.5 Å². The van der Waals surface area contributed by atoms with E-state index in [9.17, 15) is 75.7 Å². The Hall–Kier alpha value is -9.85. The monoisotopic (exact) mass is 1520 g/mol. The molecule has 2 saturated carbocycles. The van der Waals surface area contributed by atoms with Gasteiger partial charge in [0.15, 0.2) is 0 Å². The average Bonchev–Trinajstić information content (AvgIpc) is 1.46. The molecular weight excluding hydrogens is 1440 g/mol. The molecular formula is C80H85F8N7O10S2. The van der Waals surface area contributed by atoms with Gasteiger partial charge in [-0.15, -0.1) is 0 Å². The molecule has 8 aromatic rings. The summed E-state index contributed by atoms with van der Waals surface area (Å²) in [5.41, 5.74) is 2.85. The van der Waals surface area contributed by atoms with Crippen LogP contribution in [-0.4, -0.2) is 84.5 Å². The summed E-state index contributed by atoms with van der Waals surface area (Å²) >= 11 is 0. The molecule has 0 spiro atoms. The van der Waals surface area contributed by atoms with Crippen molar-refractivity contribution >= 4 is 66.6 Å². The fraction of sp³-hybridized carbons (Fsp3) is 0.338. The van der Waals surface area contributed by atoms with Gasteiger partial charge < -0.3 is 35.6 Å². The number of nitrogens with zero attached hydrogens (tertiary/aromatic N) is 3. The lowest BCUT2D eigenvalue weighted by atomic mass is 9.83. The van der Waals surface area contributed by atoms with Crippen LogP contribution in [0, 0.1) is 62.5 Å². The maximum Gasteiger partial charge on any atom is 0.416 e. The van der Waals surface area contributed by atoms with Gasteiger partial charge in [-0.2, -0.15) is 40.0 Å². The van der Waals surface area contributed by atoms with E-state index in [1.54, 1.807) is 67.3 Å². The first-order chi connectivity index (χ1) is 50.7. The van der Waals surface area contributed by atoms with Crippen molar-refractivity contribution in [2.24, 2.45) is 11.8 Å². The van der Waals surface area contributed by atoms with Gasteiger partial charge in [0.05, 0.1) is 68.1 Å². The van der Waals surface area contributed by atoms with Crippen LogP contribution >= 0.6 is 0 Å². The summed E-state index contributed by atoms with van der Waals surface area (Å²) in [6.07, 6.45) is 2.02. The third kappa shape index (κ3) is 22.6. The summed E-state index contributed by atoms with van der Waals surface area (Å²) in [6.45, 7) is 8.13. The van der Waals surface area contributed by atoms with Crippen molar-refractivity contribution in [2.75, 3.05) is 29.0 Å². The maximum atomic E-state index is 14.9. The zero-order chi connectivity index (χ0) is 78.0. The molecule has 27 heteroatoms. The third-order valence-electron chi connectivity index (χ3n) is 19.1. The average molecular weight is 1520 g/mol. The number of halogens is 8. The number of rotatable bonds is 14. The molecule has 12 rings (SSSR count). The van der Waals surface area contributed by atoms with E-state index in [2.05, 4.69) is 21.3 Å². The van der Waals surface area contributed by atoms with Gasteiger partial charge in [0.2, 0.25) is 11.8 Å². The number of piperidine rings is 2. The van der Waals surface area contributed by atoms with Crippen molar-refractivity contribution in [3.05, 3.63) is 249 Å². The molecule has 0 unspecified atom stereocenters. The highest BCUT2D eigenvalue weighted by atomic mass is 32.2. The summed E-state index contributed by atoms with van der Waals surface area (Å²) in [5, 5.41) is 18.5. The Morgan fingerprint density at radius 1 is 0.505 bits per heavy atom. The van der Waals surface area contributed by atoms with E-state index in [0.29, 0.717) is 67.5 Å². The number of alkyl halides is 6. The number of nitrogens with one attached hydrogen (secondary N) is 3. The Balaban J connectivity index is 0.000000208. The van der Waals surface area contributed by atoms with Crippen molar-refractivity contribution in [1.29, 1.82) is 5.26 Å². The quantitative estimate of drug-likeness (QED) is 0.0387. The summed E-state index contributed by atoms with van der Waals surface area (Å²) in [6, 6.07) is 47.5. The normalized spacial score (nSPS) is 17.6. The number of benzene rings is 8. The highest BCUT2D eigenvalue weighted by Gasteiger charge is 2.43. The molecule has 0 bridgehead atoms. The van der Waals surface area contributed by atoms with Crippen molar-refractivity contribution < 1.29 is 85.6 Å². The number of aryl methyl sites for hydroxylation is 4. The SMILES string of the molecule is CC#N.Cc1ccc(NC(=O)[C@H]2CCCN(C(=O)c3c(C)cccc3F)[C@H]2c2ccc(NC3CCCC3)cc2)cc1C(F)(F)F.Cc1ccc(NC(=O)[C@H]2CCCN(C(=O)c3c(C)cccc3F)[C@H]2c2ccc([NH2+]C3CCCC3)cc2)cc1C(F)(F)F.O=S(=O)(O)c1ccccc1.O=S(=O)([O-])c1ccccc1. The topological polar surface area (TPSA) is 263 Å². The first-order valence-corrected chi connectivity index (χ1v) is 37.8. The van der Waals surface area contributed by atoms with Crippen LogP contribution in [0.5, 0.6) is 0 Å². The molecule has 4 aliphatic rings. The molecule has 4 amide bonds. The number of quaternary nitrogens is 1. The van der Waals surface area contributed by atoms with Crippen LogP contribution in [0.3, 0.4) is 0 Å². The van der Waals surface area contributed by atoms with Crippen LogP contribution in [0.4, 0.5) is 57.9 Å². The number of hydrogen-bond donors (Lipinski definition) is 5. The highest BCUT2D eigenvalue weighted by molar-refractivity contribution is 7.86. The van der Waals surface area contributed by atoms with Gasteiger partial charge in [0, 0.05) is 43.1 Å². The van der Waals surface area contributed by atoms with E-state index < -0.39 is 103 Å². The molecule has 17 nitrogen and oxygen atoms in total. The van der Waals surface area contributed by atoms with Crippen molar-refractivity contribution in [3.63, 3.8) is 0 Å². The van der Waals surface area contributed by atoms with E-state index in [0.717, 1.165) is 54.8 Å². The minimum Gasteiger partial charge on any atom is -0.744 e. The second-order valence-electron chi connectivity index (χ2n) is 26.7. The molecule has 2 aliphatic carbocycles. The molecule has 6 N–H and O–H groups in total. The number of anilines is 3. The number of nitriles is 1. The lowest BCUT2D eigenvalue weighted by molar-refractivity contribution is -0.609. The van der Waals surface area contributed by atoms with Gasteiger partial charge >= 0.3 is 12.4 Å². The smallest absolute Gasteiger partial charge is 0.416 e. The van der Waals surface area contributed by atoms with Crippen LogP contribution < -0.4 is 21.3 Å². The van der Waals surface area contributed by atoms with E-state index >= 15 is 0 Å². The van der Waals surface area contributed by atoms with E-state index in [1.165, 1.54) is 130 Å². The second-order valence-corrected chi connectivity index (χ2v) is 29.5. The number of nitrogens with two attached hydrogens (primary N) is 1. The fourth-order valence-corrected chi connectivity index (χ4v) is 14.8. The number of likely N-dealkylation sites (tertiary alicyclic amines) is 2. The first kappa shape index (κ1) is 82.8. The molecule has 8 aromatic carbocycles. The summed E-state index contributed by atoms with van der Waals surface area (Å²) in [4.78, 5) is 58.0. The second kappa shape index (κ2) is 37.1. The first-order valence-electron chi connectivity index (χ1n) is 34.9. The summed E-state index contributed by atoms with van der Waals surface area (Å²) in [7, 11) is -8.26. The Labute approximate surface area is 618 Å². The van der Waals surface area contributed by atoms with Crippen molar-refractivity contribution in [2.45, 2.75) is 158 Å². The zero-order valence-corrected chi connectivity index (χ0v) is 61.2. The van der Waals surface area contributed by atoms with Crippen molar-refractivity contribution in [1.82, 2.24) is 9.80 Å². The molecule has 2 saturated heterocycles. The van der Waals surface area contributed by atoms with Gasteiger partial charge in [-0.1, -0.05) is 110 Å². The predicted molar refractivity (Wildman–Crippen MR) is 389 cm³/mol. The number of carbonyl (C=O) groups is 4. The lowest BCUT2D eigenvalue weighted by Gasteiger charge is -2.41. The molecule has 0 radical (unpaired) electrons. The Morgan fingerprint density at radius 3 is 1.25 bits per heavy atom. The molecule has 0 aromatic heterocycles. The van der Waals surface area contributed by atoms with Gasteiger partial charge in [0.25, 0.3) is 21.9 Å². The number of hydrogen-bond acceptors (Lipinski definition) is 11. The molecule has 2 aliphatic heterocycles. The fourth-order valence-electron chi connectivity index (χ4n) is 13.9. The van der Waals surface area contributed by atoms with Gasteiger partial charge in [-0.05, 0) is 210 Å².